The van der Waals surface area contributed by atoms with Crippen LogP contribution in [0.25, 0.3) is 0 Å². The molecule has 6 heteroatoms. The number of hydrogen-bond donors (Lipinski definition) is 3. The molecular formula is C13H22N6. The molecule has 0 bridgehead atoms. The van der Waals surface area contributed by atoms with Crippen LogP contribution in [0, 0.1) is 5.41 Å². The summed E-state index contributed by atoms with van der Waals surface area (Å²) in [6.45, 7) is 4.43. The van der Waals surface area contributed by atoms with Crippen LogP contribution in [0.3, 0.4) is 0 Å². The summed E-state index contributed by atoms with van der Waals surface area (Å²) >= 11 is 0. The second-order valence-electron chi connectivity index (χ2n) is 5.40. The van der Waals surface area contributed by atoms with Gasteiger partial charge in [0.05, 0.1) is 5.69 Å². The Kier molecular flexibility index (Phi) is 3.42. The predicted octanol–water partition coefficient (Wildman–Crippen LogP) is 0.621. The van der Waals surface area contributed by atoms with E-state index in [-0.39, 0.29) is 5.96 Å². The topological polar surface area (TPSA) is 83.0 Å². The first-order chi connectivity index (χ1) is 9.25. The molecule has 1 aromatic heterocycles. The van der Waals surface area contributed by atoms with Gasteiger partial charge in [-0.05, 0) is 32.4 Å². The summed E-state index contributed by atoms with van der Waals surface area (Å²) in [5.41, 5.74) is 7.94. The maximum absolute atomic E-state index is 7.57. The number of nitrogen functional groups attached to an aromatic ring is 1. The lowest BCUT2D eigenvalue weighted by atomic mass is 10.1. The lowest BCUT2D eigenvalue weighted by Gasteiger charge is -2.26. The fraction of sp³-hybridized carbons (Fsp3) is 0.692. The van der Waals surface area contributed by atoms with Crippen molar-refractivity contribution in [3.8, 4) is 0 Å². The molecule has 2 aliphatic heterocycles. The van der Waals surface area contributed by atoms with E-state index < -0.39 is 0 Å². The highest BCUT2D eigenvalue weighted by atomic mass is 15.4. The van der Waals surface area contributed by atoms with Crippen molar-refractivity contribution in [3.05, 3.63) is 11.3 Å². The Morgan fingerprint density at radius 1 is 1.32 bits per heavy atom. The molecule has 0 spiro atoms. The second-order valence-corrected chi connectivity index (χ2v) is 5.40. The highest BCUT2D eigenvalue weighted by Gasteiger charge is 2.23. The van der Waals surface area contributed by atoms with E-state index in [1.165, 1.54) is 42.6 Å². The lowest BCUT2D eigenvalue weighted by molar-refractivity contribution is 0.230. The van der Waals surface area contributed by atoms with E-state index in [4.69, 9.17) is 11.1 Å². The van der Waals surface area contributed by atoms with Crippen molar-refractivity contribution in [2.45, 2.75) is 32.1 Å². The number of fused-ring (bicyclic) bond motifs is 1. The second kappa shape index (κ2) is 5.21. The summed E-state index contributed by atoms with van der Waals surface area (Å²) in [4.78, 5) is 2.52. The molecule has 3 rings (SSSR count). The molecule has 1 fully saturated rings. The van der Waals surface area contributed by atoms with E-state index in [1.54, 1.807) is 0 Å². The van der Waals surface area contributed by atoms with E-state index in [1.807, 2.05) is 0 Å². The molecule has 6 nitrogen and oxygen atoms in total. The van der Waals surface area contributed by atoms with Crippen LogP contribution >= 0.6 is 0 Å². The highest BCUT2D eigenvalue weighted by molar-refractivity contribution is 5.81. The van der Waals surface area contributed by atoms with Gasteiger partial charge in [-0.3, -0.25) is 5.41 Å². The van der Waals surface area contributed by atoms with E-state index in [0.717, 1.165) is 37.4 Å². The summed E-state index contributed by atoms with van der Waals surface area (Å²) in [7, 11) is 0. The van der Waals surface area contributed by atoms with E-state index >= 15 is 0 Å². The first-order valence-corrected chi connectivity index (χ1v) is 7.17. The van der Waals surface area contributed by atoms with Crippen LogP contribution in [0.4, 0.5) is 5.82 Å². The van der Waals surface area contributed by atoms with E-state index in [2.05, 4.69) is 15.3 Å². The molecule has 0 atom stereocenters. The average Bonchev–Trinajstić information content (AvgIpc) is 2.99. The van der Waals surface area contributed by atoms with E-state index in [0.29, 0.717) is 0 Å². The van der Waals surface area contributed by atoms with Gasteiger partial charge in [-0.25, -0.2) is 0 Å². The van der Waals surface area contributed by atoms with Gasteiger partial charge in [0.1, 0.15) is 5.82 Å². The Bertz CT molecular complexity index is 472. The van der Waals surface area contributed by atoms with Gasteiger partial charge < -0.3 is 16.0 Å². The first kappa shape index (κ1) is 12.5. The maximum atomic E-state index is 7.57. The Morgan fingerprint density at radius 3 is 2.84 bits per heavy atom. The zero-order valence-corrected chi connectivity index (χ0v) is 11.3. The van der Waals surface area contributed by atoms with Crippen molar-refractivity contribution in [1.29, 1.82) is 5.41 Å². The van der Waals surface area contributed by atoms with Gasteiger partial charge in [0.25, 0.3) is 0 Å². The Morgan fingerprint density at radius 2 is 2.11 bits per heavy atom. The number of piperidine rings is 1. The minimum absolute atomic E-state index is 0.00475. The third-order valence-corrected chi connectivity index (χ3v) is 4.08. The maximum Gasteiger partial charge on any atom is 0.215 e. The number of rotatable bonds is 3. The van der Waals surface area contributed by atoms with Crippen LogP contribution in [-0.2, 0) is 12.8 Å². The summed E-state index contributed by atoms with van der Waals surface area (Å²) in [5.74, 6) is 0.927. The fourth-order valence-corrected chi connectivity index (χ4v) is 3.07. The highest BCUT2D eigenvalue weighted by Crippen LogP contribution is 2.26. The number of nitrogens with one attached hydrogen (secondary N) is 2. The third-order valence-electron chi connectivity index (χ3n) is 4.08. The largest absolute Gasteiger partial charge is 0.369 e. The van der Waals surface area contributed by atoms with Crippen LogP contribution in [-0.4, -0.2) is 46.8 Å². The number of aromatic nitrogens is 2. The van der Waals surface area contributed by atoms with Crippen molar-refractivity contribution in [3.63, 3.8) is 0 Å². The zero-order chi connectivity index (χ0) is 13.2. The van der Waals surface area contributed by atoms with Crippen molar-refractivity contribution in [1.82, 2.24) is 14.7 Å². The van der Waals surface area contributed by atoms with Crippen molar-refractivity contribution in [2.75, 3.05) is 31.5 Å². The summed E-state index contributed by atoms with van der Waals surface area (Å²) < 4.78 is 1.54. The molecule has 19 heavy (non-hydrogen) atoms. The molecule has 1 saturated heterocycles. The van der Waals surface area contributed by atoms with Crippen molar-refractivity contribution < 1.29 is 0 Å². The quantitative estimate of drug-likeness (QED) is 0.551. The van der Waals surface area contributed by atoms with E-state index in [9.17, 15) is 0 Å². The van der Waals surface area contributed by atoms with Crippen LogP contribution in [0.1, 0.15) is 30.5 Å². The molecule has 0 aliphatic carbocycles. The standard InChI is InChI=1S/C13H22N6/c14-13(15)19-12-10(4-6-16-12)11(17-19)5-9-18-7-2-1-3-8-18/h16H,1-9H2,(H3,14,15). The van der Waals surface area contributed by atoms with Crippen molar-refractivity contribution >= 4 is 11.8 Å². The Hall–Kier alpha value is -1.56. The molecule has 2 aliphatic rings. The van der Waals surface area contributed by atoms with Gasteiger partial charge in [0.15, 0.2) is 0 Å². The number of nitrogens with two attached hydrogens (primary N) is 1. The van der Waals surface area contributed by atoms with Gasteiger partial charge in [-0.15, -0.1) is 0 Å². The number of nitrogens with zero attached hydrogens (tertiary/aromatic N) is 3. The molecule has 4 N–H and O–H groups in total. The normalized spacial score (nSPS) is 19.2. The van der Waals surface area contributed by atoms with Crippen LogP contribution in [0.15, 0.2) is 0 Å². The van der Waals surface area contributed by atoms with Gasteiger partial charge >= 0.3 is 0 Å². The minimum Gasteiger partial charge on any atom is -0.369 e. The first-order valence-electron chi connectivity index (χ1n) is 7.17. The predicted molar refractivity (Wildman–Crippen MR) is 75.7 cm³/mol. The van der Waals surface area contributed by atoms with Crippen molar-refractivity contribution in [2.24, 2.45) is 5.73 Å². The van der Waals surface area contributed by atoms with Crippen LogP contribution < -0.4 is 11.1 Å². The Labute approximate surface area is 113 Å². The number of hydrogen-bond acceptors (Lipinski definition) is 4. The molecule has 1 aromatic rings. The average molecular weight is 262 g/mol. The van der Waals surface area contributed by atoms with Gasteiger partial charge in [-0.2, -0.15) is 9.78 Å². The molecule has 0 unspecified atom stereocenters. The zero-order valence-electron chi connectivity index (χ0n) is 11.3. The van der Waals surface area contributed by atoms with Crippen LogP contribution in [0.5, 0.6) is 0 Å². The molecule has 0 amide bonds. The summed E-state index contributed by atoms with van der Waals surface area (Å²) in [6, 6.07) is 0. The molecule has 0 aromatic carbocycles. The molecule has 0 saturated carbocycles. The van der Waals surface area contributed by atoms with Gasteiger partial charge in [-0.1, -0.05) is 6.42 Å². The minimum atomic E-state index is -0.00475. The van der Waals surface area contributed by atoms with Gasteiger partial charge in [0, 0.05) is 25.1 Å². The number of likely N-dealkylation sites (tertiary alicyclic amines) is 1. The smallest absolute Gasteiger partial charge is 0.215 e. The Balaban J connectivity index is 1.70. The molecule has 104 valence electrons. The van der Waals surface area contributed by atoms with Crippen LogP contribution in [0.2, 0.25) is 0 Å². The summed E-state index contributed by atoms with van der Waals surface area (Å²) in [6.07, 6.45) is 5.97. The lowest BCUT2D eigenvalue weighted by Crippen LogP contribution is -2.31. The van der Waals surface area contributed by atoms with Gasteiger partial charge in [0.2, 0.25) is 5.96 Å². The summed E-state index contributed by atoms with van der Waals surface area (Å²) in [5, 5.41) is 15.3. The molecule has 3 heterocycles. The molecule has 0 radical (unpaired) electrons. The monoisotopic (exact) mass is 262 g/mol. The fourth-order valence-electron chi connectivity index (χ4n) is 3.07. The molecular weight excluding hydrogens is 240 g/mol. The number of anilines is 1. The third kappa shape index (κ3) is 2.45. The SMILES string of the molecule is N=C(N)n1nc(CCN2CCCCC2)c2c1NCC2.